The van der Waals surface area contributed by atoms with Crippen LogP contribution in [0.15, 0.2) is 30.7 Å². The molecular formula is C24H30N8O9-4. The molecule has 2 N–H and O–H groups in total. The molecule has 41 heavy (non-hydrogen) atoms. The van der Waals surface area contributed by atoms with E-state index in [0.29, 0.717) is 6.61 Å². The number of aromatic amines is 1. The van der Waals surface area contributed by atoms with Crippen molar-refractivity contribution in [3.63, 3.8) is 0 Å². The van der Waals surface area contributed by atoms with E-state index in [1.807, 2.05) is 31.5 Å². The summed E-state index contributed by atoms with van der Waals surface area (Å²) in [6, 6.07) is 3.98. The third-order valence-corrected chi connectivity index (χ3v) is 5.63. The molecule has 0 atom stereocenters. The predicted octanol–water partition coefficient (Wildman–Crippen LogP) is -5.61. The number of aromatic nitrogens is 5. The first-order chi connectivity index (χ1) is 19.6. The lowest BCUT2D eigenvalue weighted by molar-refractivity contribution is -0.345. The molecule has 0 spiro atoms. The van der Waals surface area contributed by atoms with Crippen molar-refractivity contribution >= 4 is 41.0 Å². The molecule has 1 aliphatic rings. The van der Waals surface area contributed by atoms with Gasteiger partial charge in [0.1, 0.15) is 11.3 Å². The van der Waals surface area contributed by atoms with Crippen molar-refractivity contribution < 1.29 is 44.3 Å². The summed E-state index contributed by atoms with van der Waals surface area (Å²) in [6.07, 6.45) is 5.43. The minimum Gasteiger partial charge on any atom is -0.543 e. The number of carbonyl (C=O) groups excluding carboxylic acids is 4. The zero-order valence-corrected chi connectivity index (χ0v) is 22.3. The van der Waals surface area contributed by atoms with E-state index in [-0.39, 0.29) is 0 Å². The van der Waals surface area contributed by atoms with Crippen LogP contribution < -0.4 is 25.7 Å². The molecule has 17 heteroatoms. The number of fused-ring (bicyclic) bond motifs is 1. The molecule has 0 saturated carbocycles. The Labute approximate surface area is 234 Å². The number of anilines is 1. The summed E-state index contributed by atoms with van der Waals surface area (Å²) < 4.78 is 7.78. The molecular weight excluding hydrogens is 544 g/mol. The van der Waals surface area contributed by atoms with Crippen LogP contribution >= 0.6 is 0 Å². The van der Waals surface area contributed by atoms with Crippen LogP contribution in [0.4, 0.5) is 5.95 Å². The molecule has 1 saturated heterocycles. The molecule has 0 unspecified atom stereocenters. The van der Waals surface area contributed by atoms with Crippen LogP contribution in [0.2, 0.25) is 0 Å². The number of ether oxygens (including phenoxy) is 1. The number of carboxylic acid groups (broad SMARTS) is 4. The van der Waals surface area contributed by atoms with Gasteiger partial charge in [0.25, 0.3) is 0 Å². The Kier molecular flexibility index (Phi) is 13.6. The monoisotopic (exact) mass is 574 g/mol. The average molecular weight is 575 g/mol. The zero-order valence-electron chi connectivity index (χ0n) is 22.3. The first-order valence-corrected chi connectivity index (χ1v) is 12.5. The summed E-state index contributed by atoms with van der Waals surface area (Å²) in [7, 11) is 0. The molecule has 0 aromatic carbocycles. The number of H-pyrrole nitrogens is 1. The Morgan fingerprint density at radius 1 is 0.927 bits per heavy atom. The van der Waals surface area contributed by atoms with Gasteiger partial charge in [-0.2, -0.15) is 0 Å². The number of rotatable bonds is 10. The number of carboxylic acids is 4. The molecule has 1 fully saturated rings. The van der Waals surface area contributed by atoms with E-state index in [2.05, 4.69) is 34.6 Å². The first kappa shape index (κ1) is 32.6. The van der Waals surface area contributed by atoms with E-state index >= 15 is 0 Å². The number of piperazine rings is 1. The molecule has 3 aromatic heterocycles. The van der Waals surface area contributed by atoms with Crippen LogP contribution in [0.25, 0.3) is 11.2 Å². The van der Waals surface area contributed by atoms with Crippen LogP contribution in [0.5, 0.6) is 0 Å². The number of pyridine rings is 1. The summed E-state index contributed by atoms with van der Waals surface area (Å²) in [5, 5.41) is 39.0. The maximum absolute atomic E-state index is 8.93. The number of carbonyl (C=O) groups is 4. The summed E-state index contributed by atoms with van der Waals surface area (Å²) in [4.78, 5) is 57.3. The summed E-state index contributed by atoms with van der Waals surface area (Å²) in [6.45, 7) is 11.2. The fourth-order valence-corrected chi connectivity index (χ4v) is 3.73. The van der Waals surface area contributed by atoms with E-state index in [4.69, 9.17) is 49.3 Å². The number of hydrogen-bond donors (Lipinski definition) is 2. The fraction of sp³-hybridized carbons (Fsp3) is 0.458. The zero-order chi connectivity index (χ0) is 30.2. The minimum atomic E-state index is -2.19. The van der Waals surface area contributed by atoms with Gasteiger partial charge in [0, 0.05) is 71.0 Å². The second-order valence-electron chi connectivity index (χ2n) is 8.35. The molecule has 0 aliphatic carbocycles. The van der Waals surface area contributed by atoms with Gasteiger partial charge in [0.05, 0.1) is 37.0 Å². The van der Waals surface area contributed by atoms with Gasteiger partial charge in [-0.15, -0.1) is 0 Å². The van der Waals surface area contributed by atoms with Crippen LogP contribution in [-0.2, 0) is 37.0 Å². The van der Waals surface area contributed by atoms with E-state index in [0.717, 1.165) is 81.9 Å². The normalized spacial score (nSPS) is 13.4. The van der Waals surface area contributed by atoms with Gasteiger partial charge < -0.3 is 59.2 Å². The van der Waals surface area contributed by atoms with E-state index in [1.54, 1.807) is 6.20 Å². The number of imidazole rings is 2. The molecule has 0 bridgehead atoms. The van der Waals surface area contributed by atoms with Gasteiger partial charge in [-0.05, 0) is 19.1 Å². The molecule has 224 valence electrons. The van der Waals surface area contributed by atoms with Crippen LogP contribution in [0.3, 0.4) is 0 Å². The van der Waals surface area contributed by atoms with Crippen molar-refractivity contribution in [2.75, 3.05) is 57.8 Å². The Bertz CT molecular complexity index is 1210. The van der Waals surface area contributed by atoms with Crippen LogP contribution in [0, 0.1) is 0 Å². The highest BCUT2D eigenvalue weighted by Crippen LogP contribution is 2.16. The third-order valence-electron chi connectivity index (χ3n) is 5.63. The number of aliphatic carboxylic acids is 4. The fourth-order valence-electron chi connectivity index (χ4n) is 3.73. The lowest BCUT2D eigenvalue weighted by Crippen LogP contribution is -2.47. The lowest BCUT2D eigenvalue weighted by Gasteiger charge is -2.34. The highest BCUT2D eigenvalue weighted by molar-refractivity contribution is 6.25. The van der Waals surface area contributed by atoms with Gasteiger partial charge in [-0.1, -0.05) is 0 Å². The molecule has 0 amide bonds. The highest BCUT2D eigenvalue weighted by atomic mass is 16.5. The number of hydrogen-bond acceptors (Lipinski definition) is 15. The smallest absolute Gasteiger partial charge is 0.200 e. The van der Waals surface area contributed by atoms with Crippen molar-refractivity contribution in [1.82, 2.24) is 34.3 Å². The van der Waals surface area contributed by atoms with Gasteiger partial charge in [-0.3, -0.25) is 9.80 Å². The molecule has 1 aliphatic heterocycles. The predicted molar refractivity (Wildman–Crippen MR) is 133 cm³/mol. The van der Waals surface area contributed by atoms with E-state index < -0.39 is 23.9 Å². The Hall–Kier alpha value is -4.61. The first-order valence-electron chi connectivity index (χ1n) is 12.5. The van der Waals surface area contributed by atoms with Crippen LogP contribution in [-0.4, -0.2) is 111 Å². The maximum atomic E-state index is 8.93. The Balaban J connectivity index is 0.000000413. The average Bonchev–Trinajstić information content (AvgIpc) is 3.58. The number of nitrogens with zero attached hydrogens (tertiary/aromatic N) is 6. The molecule has 0 radical (unpaired) electrons. The summed E-state index contributed by atoms with van der Waals surface area (Å²) >= 11 is 0. The second-order valence-corrected chi connectivity index (χ2v) is 8.35. The lowest BCUT2D eigenvalue weighted by atomic mass is 10.3. The SMILES string of the molecule is CCOCCn1c(CN2CCN(CCNc3ncc[nH]3)CC2)nc2cccnc21.O=C([O-])C(=O)[O-].O=C([O-])C(=O)[O-]. The van der Waals surface area contributed by atoms with Gasteiger partial charge in [0.15, 0.2) is 11.6 Å². The van der Waals surface area contributed by atoms with Gasteiger partial charge in [-0.25, -0.2) is 15.0 Å². The van der Waals surface area contributed by atoms with Crippen molar-refractivity contribution in [2.45, 2.75) is 20.0 Å². The van der Waals surface area contributed by atoms with E-state index in [1.165, 1.54) is 0 Å². The van der Waals surface area contributed by atoms with Gasteiger partial charge in [0.2, 0.25) is 0 Å². The summed E-state index contributed by atoms with van der Waals surface area (Å²) in [5.41, 5.74) is 1.91. The third kappa shape index (κ3) is 11.6. The standard InChI is InChI=1S/C20H30N8O.2C2H2O4/c1-2-29-15-14-28-18(25-17-4-3-5-21-19(17)28)16-27-12-10-26(11-13-27)9-8-24-20-22-6-7-23-20;2*3-1(4)2(5)6/h3-7H,2,8-16H2,1H3,(H2,22,23,24);2*(H,3,4)(H,5,6)/p-4. The van der Waals surface area contributed by atoms with E-state index in [9.17, 15) is 0 Å². The van der Waals surface area contributed by atoms with Crippen molar-refractivity contribution in [3.8, 4) is 0 Å². The van der Waals surface area contributed by atoms with Crippen molar-refractivity contribution in [1.29, 1.82) is 0 Å². The summed E-state index contributed by atoms with van der Waals surface area (Å²) in [5.74, 6) is -6.83. The minimum absolute atomic E-state index is 0.683. The quantitative estimate of drug-likeness (QED) is 0.169. The largest absolute Gasteiger partial charge is 0.543 e. The highest BCUT2D eigenvalue weighted by Gasteiger charge is 2.20. The van der Waals surface area contributed by atoms with Crippen molar-refractivity contribution in [3.05, 3.63) is 36.5 Å². The van der Waals surface area contributed by atoms with Crippen molar-refractivity contribution in [2.24, 2.45) is 0 Å². The molecule has 4 rings (SSSR count). The van der Waals surface area contributed by atoms with Crippen LogP contribution in [0.1, 0.15) is 12.7 Å². The molecule has 3 aromatic rings. The maximum Gasteiger partial charge on any atom is 0.200 e. The second kappa shape index (κ2) is 17.2. The molecule has 4 heterocycles. The van der Waals surface area contributed by atoms with Gasteiger partial charge >= 0.3 is 0 Å². The topological polar surface area (TPSA) is 248 Å². The Morgan fingerprint density at radius 3 is 2.12 bits per heavy atom. The number of nitrogens with one attached hydrogen (secondary N) is 2. The Morgan fingerprint density at radius 2 is 1.56 bits per heavy atom. The molecule has 17 nitrogen and oxygen atoms in total.